The van der Waals surface area contributed by atoms with Crippen molar-refractivity contribution in [2.24, 2.45) is 0 Å². The standard InChI is InChI=1S/C13H14FNO4S/c1-20(18,19)8-6-15-13(17)12-9-11(14)5-4-10(12)3-2-7-16/h4-5,9,16H,6-8H2,1H3,(H,15,17). The van der Waals surface area contributed by atoms with Crippen molar-refractivity contribution in [2.45, 2.75) is 0 Å². The number of sulfone groups is 1. The van der Waals surface area contributed by atoms with Crippen LogP contribution in [0.4, 0.5) is 4.39 Å². The van der Waals surface area contributed by atoms with Crippen molar-refractivity contribution in [3.63, 3.8) is 0 Å². The van der Waals surface area contributed by atoms with Gasteiger partial charge in [-0.3, -0.25) is 4.79 Å². The van der Waals surface area contributed by atoms with Gasteiger partial charge in [0.2, 0.25) is 0 Å². The first kappa shape index (κ1) is 16.1. The molecule has 108 valence electrons. The van der Waals surface area contributed by atoms with Crippen LogP contribution in [0, 0.1) is 17.7 Å². The van der Waals surface area contributed by atoms with Crippen molar-refractivity contribution in [3.05, 3.63) is 35.1 Å². The molecular weight excluding hydrogens is 285 g/mol. The van der Waals surface area contributed by atoms with Crippen LogP contribution in [0.2, 0.25) is 0 Å². The van der Waals surface area contributed by atoms with Crippen LogP contribution in [0.15, 0.2) is 18.2 Å². The Balaban J connectivity index is 2.88. The van der Waals surface area contributed by atoms with Gasteiger partial charge in [-0.15, -0.1) is 0 Å². The summed E-state index contributed by atoms with van der Waals surface area (Å²) in [4.78, 5) is 11.9. The normalized spacial score (nSPS) is 10.6. The molecule has 20 heavy (non-hydrogen) atoms. The van der Waals surface area contributed by atoms with Gasteiger partial charge in [0.25, 0.3) is 5.91 Å². The van der Waals surface area contributed by atoms with Gasteiger partial charge in [0, 0.05) is 18.4 Å². The summed E-state index contributed by atoms with van der Waals surface area (Å²) in [6.07, 6.45) is 1.06. The van der Waals surface area contributed by atoms with Crippen LogP contribution < -0.4 is 5.32 Å². The predicted molar refractivity (Wildman–Crippen MR) is 72.4 cm³/mol. The van der Waals surface area contributed by atoms with Crippen molar-refractivity contribution in [3.8, 4) is 11.8 Å². The summed E-state index contributed by atoms with van der Waals surface area (Å²) < 4.78 is 35.1. The Kier molecular flexibility index (Phi) is 5.67. The third-order valence-electron chi connectivity index (χ3n) is 2.29. The number of hydrogen-bond acceptors (Lipinski definition) is 4. The number of hydrogen-bond donors (Lipinski definition) is 2. The molecule has 0 aromatic heterocycles. The van der Waals surface area contributed by atoms with E-state index in [-0.39, 0.29) is 30.0 Å². The minimum atomic E-state index is -3.18. The van der Waals surface area contributed by atoms with Crippen LogP contribution in [0.1, 0.15) is 15.9 Å². The summed E-state index contributed by atoms with van der Waals surface area (Å²) in [5, 5.41) is 11.0. The second-order valence-corrected chi connectivity index (χ2v) is 6.30. The molecule has 0 spiro atoms. The predicted octanol–water partition coefficient (Wildman–Crippen LogP) is -0.0561. The maximum Gasteiger partial charge on any atom is 0.252 e. The van der Waals surface area contributed by atoms with Crippen molar-refractivity contribution >= 4 is 15.7 Å². The topological polar surface area (TPSA) is 83.5 Å². The van der Waals surface area contributed by atoms with Crippen molar-refractivity contribution in [2.75, 3.05) is 25.2 Å². The number of halogens is 1. The second-order valence-electron chi connectivity index (χ2n) is 4.04. The molecule has 1 aromatic carbocycles. The van der Waals surface area contributed by atoms with Crippen LogP contribution in [-0.2, 0) is 9.84 Å². The zero-order valence-electron chi connectivity index (χ0n) is 10.8. The third-order valence-corrected chi connectivity index (χ3v) is 3.23. The Labute approximate surface area is 116 Å². The summed E-state index contributed by atoms with van der Waals surface area (Å²) in [5.74, 6) is 3.48. The molecule has 1 rings (SSSR count). The Hall–Kier alpha value is -1.91. The molecule has 0 bridgehead atoms. The third kappa shape index (κ3) is 5.38. The molecule has 0 saturated carbocycles. The fourth-order valence-electron chi connectivity index (χ4n) is 1.39. The van der Waals surface area contributed by atoms with E-state index in [9.17, 15) is 17.6 Å². The Bertz CT molecular complexity index is 659. The van der Waals surface area contributed by atoms with Crippen LogP contribution in [0.5, 0.6) is 0 Å². The summed E-state index contributed by atoms with van der Waals surface area (Å²) >= 11 is 0. The number of carbonyl (C=O) groups is 1. The first-order chi connectivity index (χ1) is 9.33. The smallest absolute Gasteiger partial charge is 0.252 e. The summed E-state index contributed by atoms with van der Waals surface area (Å²) in [6.45, 7) is -0.451. The van der Waals surface area contributed by atoms with E-state index >= 15 is 0 Å². The van der Waals surface area contributed by atoms with Gasteiger partial charge >= 0.3 is 0 Å². The number of aliphatic hydroxyl groups is 1. The van der Waals surface area contributed by atoms with Crippen LogP contribution in [-0.4, -0.2) is 44.6 Å². The zero-order valence-corrected chi connectivity index (χ0v) is 11.6. The summed E-state index contributed by atoms with van der Waals surface area (Å²) in [6, 6.07) is 3.48. The van der Waals surface area contributed by atoms with Gasteiger partial charge in [0.15, 0.2) is 0 Å². The first-order valence-electron chi connectivity index (χ1n) is 5.68. The molecule has 0 aliphatic carbocycles. The van der Waals surface area contributed by atoms with E-state index in [2.05, 4.69) is 17.2 Å². The number of carbonyl (C=O) groups excluding carboxylic acids is 1. The molecule has 0 aliphatic rings. The molecule has 2 N–H and O–H groups in total. The highest BCUT2D eigenvalue weighted by atomic mass is 32.2. The van der Waals surface area contributed by atoms with Crippen LogP contribution >= 0.6 is 0 Å². The van der Waals surface area contributed by atoms with Crippen molar-refractivity contribution in [1.29, 1.82) is 0 Å². The molecule has 0 fully saturated rings. The lowest BCUT2D eigenvalue weighted by molar-refractivity contribution is 0.0955. The molecule has 0 saturated heterocycles. The lowest BCUT2D eigenvalue weighted by Crippen LogP contribution is -2.29. The Morgan fingerprint density at radius 2 is 2.15 bits per heavy atom. The molecule has 0 heterocycles. The molecule has 0 unspecified atom stereocenters. The SMILES string of the molecule is CS(=O)(=O)CCNC(=O)c1cc(F)ccc1C#CCO. The first-order valence-corrected chi connectivity index (χ1v) is 7.75. The average molecular weight is 299 g/mol. The molecule has 0 radical (unpaired) electrons. The van der Waals surface area contributed by atoms with E-state index in [0.29, 0.717) is 0 Å². The molecule has 1 aromatic rings. The Morgan fingerprint density at radius 1 is 1.45 bits per heavy atom. The quantitative estimate of drug-likeness (QED) is 0.763. The van der Waals surface area contributed by atoms with Crippen LogP contribution in [0.3, 0.4) is 0 Å². The Morgan fingerprint density at radius 3 is 2.75 bits per heavy atom. The lowest BCUT2D eigenvalue weighted by Gasteiger charge is -2.06. The van der Waals surface area contributed by atoms with Gasteiger partial charge in [-0.2, -0.15) is 0 Å². The highest BCUT2D eigenvalue weighted by Crippen LogP contribution is 2.10. The fraction of sp³-hybridized carbons (Fsp3) is 0.308. The van der Waals surface area contributed by atoms with Gasteiger partial charge in [0.1, 0.15) is 22.3 Å². The number of aliphatic hydroxyl groups excluding tert-OH is 1. The van der Waals surface area contributed by atoms with E-state index in [1.165, 1.54) is 6.07 Å². The van der Waals surface area contributed by atoms with Gasteiger partial charge in [-0.05, 0) is 18.2 Å². The van der Waals surface area contributed by atoms with Crippen LogP contribution in [0.25, 0.3) is 0 Å². The number of amides is 1. The molecule has 7 heteroatoms. The highest BCUT2D eigenvalue weighted by Gasteiger charge is 2.12. The van der Waals surface area contributed by atoms with Gasteiger partial charge in [0.05, 0.1) is 11.3 Å². The van der Waals surface area contributed by atoms with Gasteiger partial charge < -0.3 is 10.4 Å². The number of benzene rings is 1. The van der Waals surface area contributed by atoms with Crippen molar-refractivity contribution < 1.29 is 22.7 Å². The second kappa shape index (κ2) is 7.03. The van der Waals surface area contributed by atoms with E-state index in [1.54, 1.807) is 0 Å². The molecule has 0 aliphatic heterocycles. The zero-order chi connectivity index (χ0) is 15.2. The fourth-order valence-corrected chi connectivity index (χ4v) is 1.87. The van der Waals surface area contributed by atoms with E-state index in [4.69, 9.17) is 5.11 Å². The van der Waals surface area contributed by atoms with Gasteiger partial charge in [-0.25, -0.2) is 12.8 Å². The molecule has 1 amide bonds. The number of rotatable bonds is 4. The van der Waals surface area contributed by atoms with E-state index < -0.39 is 21.6 Å². The largest absolute Gasteiger partial charge is 0.384 e. The minimum Gasteiger partial charge on any atom is -0.384 e. The maximum atomic E-state index is 13.2. The van der Waals surface area contributed by atoms with E-state index in [0.717, 1.165) is 18.4 Å². The summed E-state index contributed by atoms with van der Waals surface area (Å²) in [7, 11) is -3.18. The monoisotopic (exact) mass is 299 g/mol. The maximum absolute atomic E-state index is 13.2. The minimum absolute atomic E-state index is 0.000508. The van der Waals surface area contributed by atoms with Crippen molar-refractivity contribution in [1.82, 2.24) is 5.32 Å². The number of nitrogens with one attached hydrogen (secondary N) is 1. The molecular formula is C13H14FNO4S. The lowest BCUT2D eigenvalue weighted by atomic mass is 10.1. The summed E-state index contributed by atoms with van der Waals surface area (Å²) in [5.41, 5.74) is 0.261. The molecule has 0 atom stereocenters. The van der Waals surface area contributed by atoms with E-state index in [1.807, 2.05) is 0 Å². The average Bonchev–Trinajstić information content (AvgIpc) is 2.35. The van der Waals surface area contributed by atoms with Gasteiger partial charge in [-0.1, -0.05) is 11.8 Å². The molecule has 5 nitrogen and oxygen atoms in total. The highest BCUT2D eigenvalue weighted by molar-refractivity contribution is 7.90.